The number of nitrogen functional groups attached to an aromatic ring is 1. The summed E-state index contributed by atoms with van der Waals surface area (Å²) in [7, 11) is 3.10. The topological polar surface area (TPSA) is 70.8 Å². The van der Waals surface area contributed by atoms with Crippen LogP contribution in [-0.4, -0.2) is 32.4 Å². The van der Waals surface area contributed by atoms with Gasteiger partial charge in [0.2, 0.25) is 0 Å². The lowest BCUT2D eigenvalue weighted by Gasteiger charge is -2.22. The Morgan fingerprint density at radius 2 is 2.00 bits per heavy atom. The van der Waals surface area contributed by atoms with E-state index in [1.54, 1.807) is 25.3 Å². The van der Waals surface area contributed by atoms with Crippen molar-refractivity contribution >= 4 is 11.7 Å². The molecular weight excluding hydrogens is 246 g/mol. The second kappa shape index (κ2) is 6.43. The van der Waals surface area contributed by atoms with E-state index < -0.39 is 5.97 Å². The van der Waals surface area contributed by atoms with Gasteiger partial charge in [0.05, 0.1) is 25.0 Å². The summed E-state index contributed by atoms with van der Waals surface area (Å²) in [6.45, 7) is 4.14. The number of para-hydroxylation sites is 1. The molecule has 1 rings (SSSR count). The number of hydrogen-bond acceptors (Lipinski definition) is 5. The van der Waals surface area contributed by atoms with Crippen LogP contribution in [0, 0.1) is 0 Å². The molecule has 0 aliphatic rings. The van der Waals surface area contributed by atoms with Crippen LogP contribution < -0.4 is 10.5 Å². The molecular formula is C14H21NO4. The zero-order valence-electron chi connectivity index (χ0n) is 11.9. The molecule has 0 atom stereocenters. The fourth-order valence-corrected chi connectivity index (χ4v) is 1.51. The first-order valence-corrected chi connectivity index (χ1v) is 6.06. The van der Waals surface area contributed by atoms with Gasteiger partial charge in [-0.15, -0.1) is 0 Å². The maximum absolute atomic E-state index is 12.0. The number of carbonyl (C=O) groups excluding carboxylic acids is 1. The van der Waals surface area contributed by atoms with E-state index in [0.29, 0.717) is 23.4 Å². The van der Waals surface area contributed by atoms with E-state index in [0.717, 1.165) is 0 Å². The molecule has 5 nitrogen and oxygen atoms in total. The van der Waals surface area contributed by atoms with E-state index in [2.05, 4.69) is 0 Å². The van der Waals surface area contributed by atoms with Gasteiger partial charge in [0.1, 0.15) is 5.56 Å². The summed E-state index contributed by atoms with van der Waals surface area (Å²) in [4.78, 5) is 12.0. The Hall–Kier alpha value is -1.75. The number of esters is 1. The van der Waals surface area contributed by atoms with Crippen LogP contribution in [0.5, 0.6) is 5.75 Å². The van der Waals surface area contributed by atoms with Crippen molar-refractivity contribution in [2.75, 3.05) is 26.6 Å². The molecule has 1 aromatic carbocycles. The first kappa shape index (κ1) is 15.3. The summed E-state index contributed by atoms with van der Waals surface area (Å²) in [6, 6.07) is 4.98. The van der Waals surface area contributed by atoms with E-state index in [4.69, 9.17) is 19.9 Å². The van der Waals surface area contributed by atoms with Crippen LogP contribution in [0.1, 0.15) is 30.6 Å². The van der Waals surface area contributed by atoms with Crippen LogP contribution in [0.4, 0.5) is 5.69 Å². The SMILES string of the molecule is COc1c(N)cccc1C(=O)OCCC(C)(C)OC. The summed E-state index contributed by atoms with van der Waals surface area (Å²) in [5.74, 6) is -0.102. The minimum Gasteiger partial charge on any atom is -0.494 e. The lowest BCUT2D eigenvalue weighted by Crippen LogP contribution is -2.25. The first-order valence-electron chi connectivity index (χ1n) is 6.06. The van der Waals surface area contributed by atoms with E-state index in [-0.39, 0.29) is 12.2 Å². The number of benzene rings is 1. The lowest BCUT2D eigenvalue weighted by atomic mass is 10.1. The predicted octanol–water partition coefficient (Wildman–Crippen LogP) is 2.25. The van der Waals surface area contributed by atoms with E-state index in [1.807, 2.05) is 13.8 Å². The van der Waals surface area contributed by atoms with Gasteiger partial charge in [0.25, 0.3) is 0 Å². The standard InChI is InChI=1S/C14H21NO4/c1-14(2,18-4)8-9-19-13(16)10-6-5-7-11(15)12(10)17-3/h5-7H,8-9,15H2,1-4H3. The highest BCUT2D eigenvalue weighted by Gasteiger charge is 2.19. The quantitative estimate of drug-likeness (QED) is 0.632. The lowest BCUT2D eigenvalue weighted by molar-refractivity contribution is -0.00570. The summed E-state index contributed by atoms with van der Waals surface area (Å²) in [5.41, 5.74) is 6.16. The highest BCUT2D eigenvalue weighted by Crippen LogP contribution is 2.26. The van der Waals surface area contributed by atoms with Gasteiger partial charge in [-0.2, -0.15) is 0 Å². The fraction of sp³-hybridized carbons (Fsp3) is 0.500. The minimum atomic E-state index is -0.448. The second-order valence-corrected chi connectivity index (χ2v) is 4.78. The minimum absolute atomic E-state index is 0.275. The number of rotatable bonds is 6. The van der Waals surface area contributed by atoms with Crippen molar-refractivity contribution in [3.63, 3.8) is 0 Å². The third-order valence-electron chi connectivity index (χ3n) is 2.96. The Balaban J connectivity index is 2.67. The van der Waals surface area contributed by atoms with Crippen molar-refractivity contribution in [3.8, 4) is 5.75 Å². The normalized spacial score (nSPS) is 11.2. The van der Waals surface area contributed by atoms with Gasteiger partial charge in [-0.25, -0.2) is 4.79 Å². The molecule has 0 aliphatic heterocycles. The van der Waals surface area contributed by atoms with Gasteiger partial charge >= 0.3 is 5.97 Å². The average molecular weight is 267 g/mol. The smallest absolute Gasteiger partial charge is 0.342 e. The molecule has 0 heterocycles. The van der Waals surface area contributed by atoms with E-state index >= 15 is 0 Å². The molecule has 0 radical (unpaired) electrons. The van der Waals surface area contributed by atoms with E-state index in [9.17, 15) is 4.79 Å². The number of hydrogen-bond donors (Lipinski definition) is 1. The molecule has 0 spiro atoms. The van der Waals surface area contributed by atoms with Crippen LogP contribution >= 0.6 is 0 Å². The van der Waals surface area contributed by atoms with Crippen molar-refractivity contribution < 1.29 is 19.0 Å². The number of methoxy groups -OCH3 is 2. The zero-order chi connectivity index (χ0) is 14.5. The highest BCUT2D eigenvalue weighted by molar-refractivity contribution is 5.94. The summed E-state index contributed by atoms with van der Waals surface area (Å²) in [5, 5.41) is 0. The molecule has 5 heteroatoms. The summed E-state index contributed by atoms with van der Waals surface area (Å²) in [6.07, 6.45) is 0.611. The Morgan fingerprint density at radius 1 is 1.32 bits per heavy atom. The van der Waals surface area contributed by atoms with Crippen molar-refractivity contribution in [3.05, 3.63) is 23.8 Å². The molecule has 106 valence electrons. The molecule has 0 saturated heterocycles. The molecule has 0 saturated carbocycles. The van der Waals surface area contributed by atoms with Gasteiger partial charge < -0.3 is 19.9 Å². The van der Waals surface area contributed by atoms with Crippen molar-refractivity contribution in [2.45, 2.75) is 25.9 Å². The number of carbonyl (C=O) groups is 1. The highest BCUT2D eigenvalue weighted by atomic mass is 16.5. The van der Waals surface area contributed by atoms with Gasteiger partial charge in [-0.05, 0) is 26.0 Å². The Labute approximate surface area is 113 Å². The molecule has 1 aromatic rings. The monoisotopic (exact) mass is 267 g/mol. The van der Waals surface area contributed by atoms with Crippen molar-refractivity contribution in [1.29, 1.82) is 0 Å². The third kappa shape index (κ3) is 4.13. The van der Waals surface area contributed by atoms with Crippen LogP contribution in [0.25, 0.3) is 0 Å². The molecule has 0 bridgehead atoms. The average Bonchev–Trinajstić information content (AvgIpc) is 2.38. The predicted molar refractivity (Wildman–Crippen MR) is 73.4 cm³/mol. The molecule has 19 heavy (non-hydrogen) atoms. The van der Waals surface area contributed by atoms with Crippen LogP contribution in [0.3, 0.4) is 0 Å². The molecule has 0 aromatic heterocycles. The van der Waals surface area contributed by atoms with Gasteiger partial charge in [0.15, 0.2) is 5.75 Å². The molecule has 2 N–H and O–H groups in total. The first-order chi connectivity index (χ1) is 8.91. The van der Waals surface area contributed by atoms with Gasteiger partial charge in [-0.1, -0.05) is 6.07 Å². The fourth-order valence-electron chi connectivity index (χ4n) is 1.51. The molecule has 0 amide bonds. The largest absolute Gasteiger partial charge is 0.494 e. The molecule has 0 aliphatic carbocycles. The van der Waals surface area contributed by atoms with Crippen LogP contribution in [-0.2, 0) is 9.47 Å². The Kier molecular flexibility index (Phi) is 5.18. The van der Waals surface area contributed by atoms with Gasteiger partial charge in [-0.3, -0.25) is 0 Å². The Bertz CT molecular complexity index is 443. The number of anilines is 1. The summed E-state index contributed by atoms with van der Waals surface area (Å²) < 4.78 is 15.6. The summed E-state index contributed by atoms with van der Waals surface area (Å²) >= 11 is 0. The van der Waals surface area contributed by atoms with Gasteiger partial charge in [0, 0.05) is 13.5 Å². The maximum Gasteiger partial charge on any atom is 0.342 e. The Morgan fingerprint density at radius 3 is 2.58 bits per heavy atom. The molecule has 0 unspecified atom stereocenters. The number of nitrogens with two attached hydrogens (primary N) is 1. The third-order valence-corrected chi connectivity index (χ3v) is 2.96. The zero-order valence-corrected chi connectivity index (χ0v) is 11.9. The maximum atomic E-state index is 12.0. The second-order valence-electron chi connectivity index (χ2n) is 4.78. The number of ether oxygens (including phenoxy) is 3. The van der Waals surface area contributed by atoms with Crippen molar-refractivity contribution in [2.24, 2.45) is 0 Å². The van der Waals surface area contributed by atoms with Crippen LogP contribution in [0.15, 0.2) is 18.2 Å². The van der Waals surface area contributed by atoms with E-state index in [1.165, 1.54) is 7.11 Å². The molecule has 0 fully saturated rings. The van der Waals surface area contributed by atoms with Crippen LogP contribution in [0.2, 0.25) is 0 Å². The van der Waals surface area contributed by atoms with Crippen molar-refractivity contribution in [1.82, 2.24) is 0 Å².